The van der Waals surface area contributed by atoms with E-state index in [1.165, 1.54) is 0 Å². The molecule has 0 aromatic heterocycles. The molecule has 0 unspecified atom stereocenters. The van der Waals surface area contributed by atoms with Crippen LogP contribution in [-0.4, -0.2) is 45.1 Å². The second-order valence-electron chi connectivity index (χ2n) is 6.20. The Morgan fingerprint density at radius 3 is 2.12 bits per heavy atom. The number of rotatable bonds is 9. The summed E-state index contributed by atoms with van der Waals surface area (Å²) in [5.41, 5.74) is 0.953. The molecule has 1 aromatic carbocycles. The summed E-state index contributed by atoms with van der Waals surface area (Å²) in [5.74, 6) is 0.770. The van der Waals surface area contributed by atoms with Crippen molar-refractivity contribution >= 4 is 11.8 Å². The maximum atomic E-state index is 12.5. The molecule has 2 amide bonds. The standard InChI is InChI=1S/C18H29N3O3/c1-12(2)10-15(19-3)18(23)21-16(17(22)20-4)11-13-6-8-14(24-5)9-7-13/h6-9,12,15-16,19H,10-11H2,1-5H3,(H,20,22)(H,21,23)/t15-,16+/m0/s1. The molecule has 0 saturated heterocycles. The molecule has 134 valence electrons. The predicted molar refractivity (Wildman–Crippen MR) is 95.0 cm³/mol. The van der Waals surface area contributed by atoms with E-state index in [-0.39, 0.29) is 17.9 Å². The number of carbonyl (C=O) groups is 2. The minimum atomic E-state index is -0.612. The topological polar surface area (TPSA) is 79.5 Å². The molecule has 0 radical (unpaired) electrons. The third kappa shape index (κ3) is 6.20. The van der Waals surface area contributed by atoms with E-state index in [0.29, 0.717) is 18.8 Å². The Morgan fingerprint density at radius 2 is 1.67 bits per heavy atom. The van der Waals surface area contributed by atoms with E-state index < -0.39 is 6.04 Å². The van der Waals surface area contributed by atoms with Gasteiger partial charge in [-0.15, -0.1) is 0 Å². The van der Waals surface area contributed by atoms with Gasteiger partial charge in [-0.2, -0.15) is 0 Å². The minimum absolute atomic E-state index is 0.159. The molecule has 3 N–H and O–H groups in total. The van der Waals surface area contributed by atoms with E-state index in [0.717, 1.165) is 11.3 Å². The lowest BCUT2D eigenvalue weighted by molar-refractivity contribution is -0.129. The lowest BCUT2D eigenvalue weighted by Gasteiger charge is -2.22. The Balaban J connectivity index is 2.80. The third-order valence-electron chi connectivity index (χ3n) is 3.85. The average molecular weight is 335 g/mol. The molecular formula is C18H29N3O3. The van der Waals surface area contributed by atoms with Gasteiger partial charge < -0.3 is 20.7 Å². The van der Waals surface area contributed by atoms with Crippen LogP contribution in [0.2, 0.25) is 0 Å². The van der Waals surface area contributed by atoms with Crippen LogP contribution < -0.4 is 20.7 Å². The summed E-state index contributed by atoms with van der Waals surface area (Å²) in [6, 6.07) is 6.54. The molecule has 0 saturated carbocycles. The summed E-state index contributed by atoms with van der Waals surface area (Å²) in [6.07, 6.45) is 1.14. The number of likely N-dealkylation sites (N-methyl/N-ethyl adjacent to an activating group) is 2. The molecular weight excluding hydrogens is 306 g/mol. The second-order valence-corrected chi connectivity index (χ2v) is 6.20. The van der Waals surface area contributed by atoms with Gasteiger partial charge in [0.1, 0.15) is 11.8 Å². The number of benzene rings is 1. The first-order valence-electron chi connectivity index (χ1n) is 8.23. The molecule has 0 aliphatic carbocycles. The first kappa shape index (κ1) is 20.0. The Morgan fingerprint density at radius 1 is 1.04 bits per heavy atom. The van der Waals surface area contributed by atoms with Crippen LogP contribution in [0.3, 0.4) is 0 Å². The molecule has 0 spiro atoms. The summed E-state index contributed by atoms with van der Waals surface area (Å²) < 4.78 is 5.13. The van der Waals surface area contributed by atoms with Crippen molar-refractivity contribution in [2.45, 2.75) is 38.8 Å². The van der Waals surface area contributed by atoms with Crippen molar-refractivity contribution in [3.05, 3.63) is 29.8 Å². The van der Waals surface area contributed by atoms with E-state index in [1.54, 1.807) is 21.2 Å². The first-order valence-corrected chi connectivity index (χ1v) is 8.23. The van der Waals surface area contributed by atoms with Crippen molar-refractivity contribution in [3.8, 4) is 5.75 Å². The Kier molecular flexibility index (Phi) is 8.26. The van der Waals surface area contributed by atoms with Gasteiger partial charge in [-0.05, 0) is 37.1 Å². The van der Waals surface area contributed by atoms with Gasteiger partial charge in [-0.1, -0.05) is 26.0 Å². The van der Waals surface area contributed by atoms with Crippen molar-refractivity contribution in [3.63, 3.8) is 0 Å². The van der Waals surface area contributed by atoms with Crippen molar-refractivity contribution in [2.24, 2.45) is 5.92 Å². The quantitative estimate of drug-likeness (QED) is 0.631. The molecule has 6 nitrogen and oxygen atoms in total. The predicted octanol–water partition coefficient (Wildman–Crippen LogP) is 1.10. The van der Waals surface area contributed by atoms with E-state index in [2.05, 4.69) is 29.8 Å². The SMILES string of the molecule is CNC(=O)[C@@H](Cc1ccc(OC)cc1)NC(=O)[C@H](CC(C)C)NC. The minimum Gasteiger partial charge on any atom is -0.497 e. The summed E-state index contributed by atoms with van der Waals surface area (Å²) in [6.45, 7) is 4.12. The van der Waals surface area contributed by atoms with Crippen LogP contribution in [-0.2, 0) is 16.0 Å². The van der Waals surface area contributed by atoms with Gasteiger partial charge in [0.2, 0.25) is 11.8 Å². The fourth-order valence-corrected chi connectivity index (χ4v) is 2.48. The normalized spacial score (nSPS) is 13.2. The lowest BCUT2D eigenvalue weighted by atomic mass is 10.0. The molecule has 6 heteroatoms. The molecule has 24 heavy (non-hydrogen) atoms. The number of methoxy groups -OCH3 is 1. The van der Waals surface area contributed by atoms with Crippen LogP contribution in [0.5, 0.6) is 5.75 Å². The molecule has 0 aliphatic heterocycles. The first-order chi connectivity index (χ1) is 11.4. The van der Waals surface area contributed by atoms with Gasteiger partial charge in [-0.3, -0.25) is 9.59 Å². The average Bonchev–Trinajstić information content (AvgIpc) is 2.58. The zero-order chi connectivity index (χ0) is 18.1. The molecule has 0 heterocycles. The molecule has 1 aromatic rings. The van der Waals surface area contributed by atoms with Gasteiger partial charge in [0.15, 0.2) is 0 Å². The maximum Gasteiger partial charge on any atom is 0.242 e. The number of hydrogen-bond donors (Lipinski definition) is 3. The van der Waals surface area contributed by atoms with E-state index in [1.807, 2.05) is 24.3 Å². The monoisotopic (exact) mass is 335 g/mol. The van der Waals surface area contributed by atoms with Crippen molar-refractivity contribution in [1.82, 2.24) is 16.0 Å². The molecule has 1 rings (SSSR count). The van der Waals surface area contributed by atoms with Crippen LogP contribution in [0.15, 0.2) is 24.3 Å². The fraction of sp³-hybridized carbons (Fsp3) is 0.556. The molecule has 0 fully saturated rings. The smallest absolute Gasteiger partial charge is 0.242 e. The largest absolute Gasteiger partial charge is 0.497 e. The summed E-state index contributed by atoms with van der Waals surface area (Å²) in [4.78, 5) is 24.6. The number of carbonyl (C=O) groups excluding carboxylic acids is 2. The van der Waals surface area contributed by atoms with Gasteiger partial charge in [-0.25, -0.2) is 0 Å². The van der Waals surface area contributed by atoms with Crippen LogP contribution >= 0.6 is 0 Å². The highest BCUT2D eigenvalue weighted by molar-refractivity contribution is 5.89. The summed E-state index contributed by atoms with van der Waals surface area (Å²) >= 11 is 0. The zero-order valence-corrected chi connectivity index (χ0v) is 15.2. The second kappa shape index (κ2) is 9.93. The summed E-state index contributed by atoms with van der Waals surface area (Å²) in [5, 5.41) is 8.48. The van der Waals surface area contributed by atoms with Gasteiger partial charge in [0.25, 0.3) is 0 Å². The van der Waals surface area contributed by atoms with Gasteiger partial charge in [0.05, 0.1) is 13.2 Å². The van der Waals surface area contributed by atoms with Crippen molar-refractivity contribution < 1.29 is 14.3 Å². The summed E-state index contributed by atoms with van der Waals surface area (Å²) in [7, 11) is 4.93. The Hall–Kier alpha value is -2.08. The lowest BCUT2D eigenvalue weighted by Crippen LogP contribution is -2.52. The highest BCUT2D eigenvalue weighted by atomic mass is 16.5. The highest BCUT2D eigenvalue weighted by Crippen LogP contribution is 2.13. The van der Waals surface area contributed by atoms with Gasteiger partial charge in [0, 0.05) is 13.5 Å². The number of nitrogens with one attached hydrogen (secondary N) is 3. The molecule has 0 bridgehead atoms. The van der Waals surface area contributed by atoms with E-state index in [4.69, 9.17) is 4.74 Å². The zero-order valence-electron chi connectivity index (χ0n) is 15.2. The van der Waals surface area contributed by atoms with Crippen LogP contribution in [0.4, 0.5) is 0 Å². The van der Waals surface area contributed by atoms with E-state index in [9.17, 15) is 9.59 Å². The Bertz CT molecular complexity index is 529. The van der Waals surface area contributed by atoms with Crippen LogP contribution in [0.25, 0.3) is 0 Å². The highest BCUT2D eigenvalue weighted by Gasteiger charge is 2.25. The Labute approximate surface area is 144 Å². The number of ether oxygens (including phenoxy) is 1. The third-order valence-corrected chi connectivity index (χ3v) is 3.85. The van der Waals surface area contributed by atoms with E-state index >= 15 is 0 Å². The van der Waals surface area contributed by atoms with Crippen LogP contribution in [0.1, 0.15) is 25.8 Å². The maximum absolute atomic E-state index is 12.5. The van der Waals surface area contributed by atoms with Crippen molar-refractivity contribution in [2.75, 3.05) is 21.2 Å². The number of hydrogen-bond acceptors (Lipinski definition) is 4. The van der Waals surface area contributed by atoms with Crippen LogP contribution in [0, 0.1) is 5.92 Å². The fourth-order valence-electron chi connectivity index (χ4n) is 2.48. The molecule has 0 aliphatic rings. The van der Waals surface area contributed by atoms with Crippen molar-refractivity contribution in [1.29, 1.82) is 0 Å². The number of amides is 2. The molecule has 2 atom stereocenters. The van der Waals surface area contributed by atoms with Gasteiger partial charge >= 0.3 is 0 Å².